The summed E-state index contributed by atoms with van der Waals surface area (Å²) in [6, 6.07) is 13.0. The highest BCUT2D eigenvalue weighted by Gasteiger charge is 2.22. The van der Waals surface area contributed by atoms with Crippen LogP contribution in [0.15, 0.2) is 30.3 Å². The molecule has 3 heterocycles. The lowest BCUT2D eigenvalue weighted by molar-refractivity contribution is 0.460. The standard InChI is InChI=1S/C22H27N5/c23-15-20-19(16-8-10-25-11-9-16)14-21(26-22(20)24)17-4-6-18(7-5-17)27-12-2-1-3-13-27/h4-7,14,16,25H,1-3,8-13H2,(H2,24,26). The molecule has 0 atom stereocenters. The molecule has 0 radical (unpaired) electrons. The van der Waals surface area contributed by atoms with Gasteiger partial charge in [-0.3, -0.25) is 0 Å². The first-order valence-electron chi connectivity index (χ1n) is 10.0. The third kappa shape index (κ3) is 3.77. The maximum Gasteiger partial charge on any atom is 0.142 e. The minimum absolute atomic E-state index is 0.351. The van der Waals surface area contributed by atoms with Gasteiger partial charge in [0.05, 0.1) is 11.3 Å². The van der Waals surface area contributed by atoms with Crippen LogP contribution in [0.25, 0.3) is 11.3 Å². The van der Waals surface area contributed by atoms with Gasteiger partial charge >= 0.3 is 0 Å². The highest BCUT2D eigenvalue weighted by atomic mass is 15.1. The van der Waals surface area contributed by atoms with Gasteiger partial charge in [-0.05, 0) is 74.9 Å². The summed E-state index contributed by atoms with van der Waals surface area (Å²) in [7, 11) is 0. The van der Waals surface area contributed by atoms with E-state index in [1.165, 1.54) is 24.9 Å². The lowest BCUT2D eigenvalue weighted by Crippen LogP contribution is -2.29. The van der Waals surface area contributed by atoms with Crippen molar-refractivity contribution in [3.8, 4) is 17.3 Å². The molecule has 0 amide bonds. The number of hydrogen-bond donors (Lipinski definition) is 2. The molecular weight excluding hydrogens is 334 g/mol. The van der Waals surface area contributed by atoms with Crippen LogP contribution in [-0.2, 0) is 0 Å². The van der Waals surface area contributed by atoms with Crippen LogP contribution in [0, 0.1) is 11.3 Å². The van der Waals surface area contributed by atoms with Crippen molar-refractivity contribution in [2.45, 2.75) is 38.0 Å². The molecule has 0 bridgehead atoms. The van der Waals surface area contributed by atoms with Crippen LogP contribution < -0.4 is 16.0 Å². The Labute approximate surface area is 161 Å². The topological polar surface area (TPSA) is 78.0 Å². The lowest BCUT2D eigenvalue weighted by Gasteiger charge is -2.29. The Balaban J connectivity index is 1.65. The van der Waals surface area contributed by atoms with Gasteiger partial charge in [0.15, 0.2) is 0 Å². The van der Waals surface area contributed by atoms with Crippen molar-refractivity contribution in [3.05, 3.63) is 41.5 Å². The second kappa shape index (κ2) is 7.98. The number of nitrogen functional groups attached to an aromatic ring is 1. The molecule has 0 unspecified atom stereocenters. The molecule has 5 nitrogen and oxygen atoms in total. The molecule has 140 valence electrons. The first-order valence-corrected chi connectivity index (χ1v) is 10.0. The van der Waals surface area contributed by atoms with Gasteiger partial charge in [0.25, 0.3) is 0 Å². The molecule has 4 rings (SSSR count). The fourth-order valence-electron chi connectivity index (χ4n) is 4.31. The Morgan fingerprint density at radius 2 is 1.78 bits per heavy atom. The highest BCUT2D eigenvalue weighted by Crippen LogP contribution is 2.33. The Hall–Kier alpha value is -2.58. The number of nitriles is 1. The van der Waals surface area contributed by atoms with E-state index in [2.05, 4.69) is 51.6 Å². The van der Waals surface area contributed by atoms with Crippen LogP contribution in [0.3, 0.4) is 0 Å². The first-order chi connectivity index (χ1) is 13.3. The van der Waals surface area contributed by atoms with Crippen LogP contribution in [0.2, 0.25) is 0 Å². The number of aromatic nitrogens is 1. The number of nitrogens with one attached hydrogen (secondary N) is 1. The molecule has 2 aliphatic rings. The molecule has 0 spiro atoms. The molecule has 2 fully saturated rings. The molecule has 2 aliphatic heterocycles. The quantitative estimate of drug-likeness (QED) is 0.872. The second-order valence-electron chi connectivity index (χ2n) is 7.59. The van der Waals surface area contributed by atoms with Crippen molar-refractivity contribution in [2.24, 2.45) is 0 Å². The van der Waals surface area contributed by atoms with E-state index in [9.17, 15) is 5.26 Å². The number of rotatable bonds is 3. The minimum atomic E-state index is 0.351. The number of hydrogen-bond acceptors (Lipinski definition) is 5. The fraction of sp³-hybridized carbons (Fsp3) is 0.455. The van der Waals surface area contributed by atoms with Crippen LogP contribution >= 0.6 is 0 Å². The number of nitrogens with zero attached hydrogens (tertiary/aromatic N) is 3. The largest absolute Gasteiger partial charge is 0.383 e. The summed E-state index contributed by atoms with van der Waals surface area (Å²) in [5.41, 5.74) is 11.0. The molecule has 2 saturated heterocycles. The minimum Gasteiger partial charge on any atom is -0.383 e. The summed E-state index contributed by atoms with van der Waals surface area (Å²) in [5, 5.41) is 13.0. The van der Waals surface area contributed by atoms with E-state index in [0.717, 1.165) is 55.8 Å². The van der Waals surface area contributed by atoms with Gasteiger partial charge in [-0.15, -0.1) is 0 Å². The average Bonchev–Trinajstić information content (AvgIpc) is 2.74. The van der Waals surface area contributed by atoms with E-state index in [1.54, 1.807) is 0 Å². The van der Waals surface area contributed by atoms with Crippen molar-refractivity contribution in [3.63, 3.8) is 0 Å². The number of piperidine rings is 2. The van der Waals surface area contributed by atoms with E-state index in [0.29, 0.717) is 17.3 Å². The third-order valence-electron chi connectivity index (χ3n) is 5.85. The average molecular weight is 361 g/mol. The zero-order valence-corrected chi connectivity index (χ0v) is 15.7. The molecule has 1 aromatic carbocycles. The Kier molecular flexibility index (Phi) is 5.26. The lowest BCUT2D eigenvalue weighted by atomic mass is 9.87. The number of anilines is 2. The van der Waals surface area contributed by atoms with Crippen LogP contribution in [0.4, 0.5) is 11.5 Å². The van der Waals surface area contributed by atoms with Crippen LogP contribution in [0.5, 0.6) is 0 Å². The van der Waals surface area contributed by atoms with E-state index in [4.69, 9.17) is 5.73 Å². The predicted molar refractivity (Wildman–Crippen MR) is 110 cm³/mol. The Morgan fingerprint density at radius 1 is 1.07 bits per heavy atom. The second-order valence-corrected chi connectivity index (χ2v) is 7.59. The van der Waals surface area contributed by atoms with Gasteiger partial charge in [-0.1, -0.05) is 12.1 Å². The molecule has 0 saturated carbocycles. The fourth-order valence-corrected chi connectivity index (χ4v) is 4.31. The number of benzene rings is 1. The summed E-state index contributed by atoms with van der Waals surface area (Å²) < 4.78 is 0. The van der Waals surface area contributed by atoms with E-state index >= 15 is 0 Å². The number of nitrogens with two attached hydrogens (primary N) is 1. The van der Waals surface area contributed by atoms with Gasteiger partial charge < -0.3 is 16.0 Å². The molecule has 3 N–H and O–H groups in total. The van der Waals surface area contributed by atoms with Gasteiger partial charge in [0.2, 0.25) is 0 Å². The monoisotopic (exact) mass is 361 g/mol. The number of pyridine rings is 1. The summed E-state index contributed by atoms with van der Waals surface area (Å²) in [5.74, 6) is 0.723. The van der Waals surface area contributed by atoms with E-state index < -0.39 is 0 Å². The highest BCUT2D eigenvalue weighted by molar-refractivity contribution is 5.68. The summed E-state index contributed by atoms with van der Waals surface area (Å²) in [6.45, 7) is 4.25. The summed E-state index contributed by atoms with van der Waals surface area (Å²) in [4.78, 5) is 6.99. The Bertz CT molecular complexity index is 825. The molecule has 1 aromatic heterocycles. The van der Waals surface area contributed by atoms with Crippen molar-refractivity contribution in [1.82, 2.24) is 10.3 Å². The maximum atomic E-state index is 9.58. The van der Waals surface area contributed by atoms with Gasteiger partial charge in [0, 0.05) is 24.3 Å². The molecule has 27 heavy (non-hydrogen) atoms. The summed E-state index contributed by atoms with van der Waals surface area (Å²) in [6.07, 6.45) is 5.95. The van der Waals surface area contributed by atoms with Crippen molar-refractivity contribution < 1.29 is 0 Å². The molecular formula is C22H27N5. The van der Waals surface area contributed by atoms with Crippen LogP contribution in [-0.4, -0.2) is 31.2 Å². The van der Waals surface area contributed by atoms with Crippen molar-refractivity contribution in [2.75, 3.05) is 36.8 Å². The molecule has 0 aliphatic carbocycles. The van der Waals surface area contributed by atoms with Gasteiger partial charge in [-0.25, -0.2) is 4.98 Å². The van der Waals surface area contributed by atoms with Gasteiger partial charge in [0.1, 0.15) is 11.9 Å². The Morgan fingerprint density at radius 3 is 2.44 bits per heavy atom. The summed E-state index contributed by atoms with van der Waals surface area (Å²) >= 11 is 0. The normalized spacial score (nSPS) is 18.3. The predicted octanol–water partition coefficient (Wildman–Crippen LogP) is 3.66. The SMILES string of the molecule is N#Cc1c(C2CCNCC2)cc(-c2ccc(N3CCCCC3)cc2)nc1N. The zero-order chi connectivity index (χ0) is 18.6. The molecule has 5 heteroatoms. The molecule has 2 aromatic rings. The van der Waals surface area contributed by atoms with E-state index in [-0.39, 0.29) is 0 Å². The van der Waals surface area contributed by atoms with Crippen molar-refractivity contribution >= 4 is 11.5 Å². The van der Waals surface area contributed by atoms with Gasteiger partial charge in [-0.2, -0.15) is 5.26 Å². The third-order valence-corrected chi connectivity index (χ3v) is 5.85. The van der Waals surface area contributed by atoms with Crippen molar-refractivity contribution in [1.29, 1.82) is 5.26 Å². The first kappa shape index (κ1) is 17.8. The smallest absolute Gasteiger partial charge is 0.142 e. The van der Waals surface area contributed by atoms with E-state index in [1.807, 2.05) is 0 Å². The maximum absolute atomic E-state index is 9.58. The zero-order valence-electron chi connectivity index (χ0n) is 15.7. The van der Waals surface area contributed by atoms with Crippen LogP contribution in [0.1, 0.15) is 49.1 Å².